The Morgan fingerprint density at radius 2 is 1.74 bits per heavy atom. The molecule has 1 aliphatic carbocycles. The number of sulfonamides is 1. The molecule has 1 amide bonds. The first kappa shape index (κ1) is 20.1. The monoisotopic (exact) mass is 394 g/mol. The molecule has 6 nitrogen and oxygen atoms in total. The van der Waals surface area contributed by atoms with Crippen LogP contribution in [-0.4, -0.2) is 55.3 Å². The fourth-order valence-electron chi connectivity index (χ4n) is 3.79. The maximum absolute atomic E-state index is 12.9. The smallest absolute Gasteiger partial charge is 0.243 e. The van der Waals surface area contributed by atoms with Gasteiger partial charge in [0.25, 0.3) is 0 Å². The summed E-state index contributed by atoms with van der Waals surface area (Å²) in [6.07, 6.45) is 3.36. The van der Waals surface area contributed by atoms with Gasteiger partial charge in [-0.1, -0.05) is 0 Å². The van der Waals surface area contributed by atoms with E-state index in [1.54, 1.807) is 24.3 Å². The van der Waals surface area contributed by atoms with Crippen molar-refractivity contribution in [2.24, 2.45) is 5.92 Å². The van der Waals surface area contributed by atoms with Gasteiger partial charge in [-0.05, 0) is 70.7 Å². The first-order valence-electron chi connectivity index (χ1n) is 9.89. The van der Waals surface area contributed by atoms with Gasteiger partial charge in [0, 0.05) is 31.1 Å². The summed E-state index contributed by atoms with van der Waals surface area (Å²) in [5.74, 6) is 0.792. The molecule has 0 atom stereocenters. The van der Waals surface area contributed by atoms with Gasteiger partial charge in [-0.25, -0.2) is 8.42 Å². The number of benzene rings is 1. The Kier molecular flexibility index (Phi) is 6.11. The van der Waals surface area contributed by atoms with Crippen molar-refractivity contribution in [3.8, 4) is 5.75 Å². The lowest BCUT2D eigenvalue weighted by molar-refractivity contribution is -0.139. The maximum Gasteiger partial charge on any atom is 0.243 e. The first-order valence-corrected chi connectivity index (χ1v) is 11.3. The van der Waals surface area contributed by atoms with E-state index in [0.29, 0.717) is 44.3 Å². The number of hydrogen-bond acceptors (Lipinski definition) is 4. The summed E-state index contributed by atoms with van der Waals surface area (Å²) in [4.78, 5) is 15.2. The molecule has 1 aromatic carbocycles. The van der Waals surface area contributed by atoms with Crippen molar-refractivity contribution in [1.29, 1.82) is 0 Å². The lowest BCUT2D eigenvalue weighted by Crippen LogP contribution is -2.47. The van der Waals surface area contributed by atoms with Crippen LogP contribution in [0.2, 0.25) is 0 Å². The summed E-state index contributed by atoms with van der Waals surface area (Å²) in [7, 11) is -3.53. The molecule has 2 aliphatic rings. The number of piperidine rings is 1. The molecule has 1 aliphatic heterocycles. The van der Waals surface area contributed by atoms with Crippen LogP contribution in [0.15, 0.2) is 29.2 Å². The molecule has 3 rings (SSSR count). The molecule has 1 saturated carbocycles. The summed E-state index contributed by atoms with van der Waals surface area (Å²) in [6.45, 7) is 7.33. The predicted molar refractivity (Wildman–Crippen MR) is 104 cm³/mol. The van der Waals surface area contributed by atoms with Crippen LogP contribution in [0.3, 0.4) is 0 Å². The Balaban J connectivity index is 1.63. The quantitative estimate of drug-likeness (QED) is 0.713. The highest BCUT2D eigenvalue weighted by atomic mass is 32.2. The average molecular weight is 395 g/mol. The van der Waals surface area contributed by atoms with Gasteiger partial charge in [0.1, 0.15) is 5.75 Å². The zero-order chi connectivity index (χ0) is 19.6. The standard InChI is InChI=1S/C20H30N2O4S/c1-4-26-18-7-9-19(10-8-18)27(24,25)21-13-11-16(12-14-21)20(23)22(15(2)3)17-5-6-17/h7-10,15-17H,4-6,11-14H2,1-3H3. The van der Waals surface area contributed by atoms with E-state index < -0.39 is 10.0 Å². The topological polar surface area (TPSA) is 66.9 Å². The average Bonchev–Trinajstić information content (AvgIpc) is 3.47. The summed E-state index contributed by atoms with van der Waals surface area (Å²) in [6, 6.07) is 7.14. The number of rotatable bonds is 7. The van der Waals surface area contributed by atoms with E-state index in [0.717, 1.165) is 12.8 Å². The van der Waals surface area contributed by atoms with Gasteiger partial charge >= 0.3 is 0 Å². The first-order chi connectivity index (χ1) is 12.8. The number of carbonyl (C=O) groups is 1. The molecule has 150 valence electrons. The van der Waals surface area contributed by atoms with Crippen LogP contribution in [0.4, 0.5) is 0 Å². The SMILES string of the molecule is CCOc1ccc(S(=O)(=O)N2CCC(C(=O)N(C(C)C)C3CC3)CC2)cc1. The van der Waals surface area contributed by atoms with Crippen molar-refractivity contribution in [1.82, 2.24) is 9.21 Å². The minimum atomic E-state index is -3.53. The van der Waals surface area contributed by atoms with E-state index in [2.05, 4.69) is 13.8 Å². The molecule has 0 N–H and O–H groups in total. The molecular weight excluding hydrogens is 364 g/mol. The molecule has 0 aromatic heterocycles. The maximum atomic E-state index is 12.9. The predicted octanol–water partition coefficient (Wildman–Crippen LogP) is 2.89. The van der Waals surface area contributed by atoms with Gasteiger partial charge in [0.05, 0.1) is 11.5 Å². The Morgan fingerprint density at radius 1 is 1.15 bits per heavy atom. The zero-order valence-electron chi connectivity index (χ0n) is 16.4. The Bertz CT molecular complexity index is 747. The van der Waals surface area contributed by atoms with E-state index in [9.17, 15) is 13.2 Å². The molecule has 1 saturated heterocycles. The summed E-state index contributed by atoms with van der Waals surface area (Å²) in [5, 5.41) is 0. The van der Waals surface area contributed by atoms with Crippen LogP contribution in [0, 0.1) is 5.92 Å². The van der Waals surface area contributed by atoms with Crippen molar-refractivity contribution < 1.29 is 17.9 Å². The highest BCUT2D eigenvalue weighted by molar-refractivity contribution is 7.89. The minimum absolute atomic E-state index is 0.0696. The Labute approximate surface area is 162 Å². The third-order valence-electron chi connectivity index (χ3n) is 5.33. The van der Waals surface area contributed by atoms with Crippen LogP contribution in [0.1, 0.15) is 46.5 Å². The van der Waals surface area contributed by atoms with Gasteiger partial charge < -0.3 is 9.64 Å². The van der Waals surface area contributed by atoms with E-state index in [1.807, 2.05) is 11.8 Å². The van der Waals surface area contributed by atoms with Crippen molar-refractivity contribution in [2.45, 2.75) is 63.4 Å². The molecule has 7 heteroatoms. The number of hydrogen-bond donors (Lipinski definition) is 0. The normalized spacial score (nSPS) is 19.3. The van der Waals surface area contributed by atoms with Gasteiger partial charge in [0.15, 0.2) is 0 Å². The van der Waals surface area contributed by atoms with Crippen molar-refractivity contribution in [3.05, 3.63) is 24.3 Å². The van der Waals surface area contributed by atoms with Crippen molar-refractivity contribution in [3.63, 3.8) is 0 Å². The third-order valence-corrected chi connectivity index (χ3v) is 7.24. The van der Waals surface area contributed by atoms with E-state index in [-0.39, 0.29) is 22.8 Å². The van der Waals surface area contributed by atoms with Gasteiger partial charge in [-0.15, -0.1) is 0 Å². The van der Waals surface area contributed by atoms with Gasteiger partial charge in [0.2, 0.25) is 15.9 Å². The molecule has 27 heavy (non-hydrogen) atoms. The summed E-state index contributed by atoms with van der Waals surface area (Å²) in [5.41, 5.74) is 0. The minimum Gasteiger partial charge on any atom is -0.494 e. The zero-order valence-corrected chi connectivity index (χ0v) is 17.2. The molecule has 0 spiro atoms. The van der Waals surface area contributed by atoms with Crippen molar-refractivity contribution >= 4 is 15.9 Å². The largest absolute Gasteiger partial charge is 0.494 e. The number of amides is 1. The highest BCUT2D eigenvalue weighted by Crippen LogP contribution is 2.33. The third kappa shape index (κ3) is 4.46. The summed E-state index contributed by atoms with van der Waals surface area (Å²) < 4.78 is 32.6. The van der Waals surface area contributed by atoms with E-state index in [4.69, 9.17) is 4.74 Å². The van der Waals surface area contributed by atoms with Crippen LogP contribution < -0.4 is 4.74 Å². The highest BCUT2D eigenvalue weighted by Gasteiger charge is 2.39. The number of carbonyl (C=O) groups excluding carboxylic acids is 1. The molecule has 0 radical (unpaired) electrons. The Hall–Kier alpha value is -1.60. The lowest BCUT2D eigenvalue weighted by atomic mass is 9.96. The fourth-order valence-corrected chi connectivity index (χ4v) is 5.26. The Morgan fingerprint density at radius 3 is 2.22 bits per heavy atom. The molecule has 1 heterocycles. The second-order valence-electron chi connectivity index (χ2n) is 7.65. The number of nitrogens with zero attached hydrogens (tertiary/aromatic N) is 2. The number of ether oxygens (including phenoxy) is 1. The van der Waals surface area contributed by atoms with Crippen molar-refractivity contribution in [2.75, 3.05) is 19.7 Å². The molecule has 0 unspecified atom stereocenters. The second kappa shape index (κ2) is 8.19. The molecular formula is C20H30N2O4S. The molecule has 2 fully saturated rings. The molecule has 0 bridgehead atoms. The van der Waals surface area contributed by atoms with E-state index in [1.165, 1.54) is 4.31 Å². The fraction of sp³-hybridized carbons (Fsp3) is 0.650. The van der Waals surface area contributed by atoms with Gasteiger partial charge in [-0.2, -0.15) is 4.31 Å². The summed E-state index contributed by atoms with van der Waals surface area (Å²) >= 11 is 0. The van der Waals surface area contributed by atoms with E-state index >= 15 is 0 Å². The molecule has 1 aromatic rings. The van der Waals surface area contributed by atoms with Crippen LogP contribution in [0.25, 0.3) is 0 Å². The van der Waals surface area contributed by atoms with Crippen LogP contribution >= 0.6 is 0 Å². The second-order valence-corrected chi connectivity index (χ2v) is 9.59. The van der Waals surface area contributed by atoms with Crippen LogP contribution in [0.5, 0.6) is 5.75 Å². The van der Waals surface area contributed by atoms with Gasteiger partial charge in [-0.3, -0.25) is 4.79 Å². The van der Waals surface area contributed by atoms with Crippen LogP contribution in [-0.2, 0) is 14.8 Å². The lowest BCUT2D eigenvalue weighted by Gasteiger charge is -2.35.